The molecule has 3 rings (SSSR count). The first-order valence-corrected chi connectivity index (χ1v) is 7.46. The second kappa shape index (κ2) is 5.83. The number of nitrogens with one attached hydrogen (secondary N) is 1. The molecular formula is C16H22N2O2. The third-order valence-corrected chi connectivity index (χ3v) is 4.27. The van der Waals surface area contributed by atoms with Gasteiger partial charge in [-0.2, -0.15) is 0 Å². The number of piperidine rings is 1. The average Bonchev–Trinajstić information content (AvgIpc) is 2.94. The zero-order valence-electron chi connectivity index (χ0n) is 12.0. The molecule has 0 radical (unpaired) electrons. The van der Waals surface area contributed by atoms with Gasteiger partial charge in [0.2, 0.25) is 0 Å². The molecule has 0 atom stereocenters. The quantitative estimate of drug-likeness (QED) is 0.912. The van der Waals surface area contributed by atoms with Gasteiger partial charge in [-0.1, -0.05) is 0 Å². The van der Waals surface area contributed by atoms with Gasteiger partial charge in [0, 0.05) is 25.6 Å². The lowest BCUT2D eigenvalue weighted by molar-refractivity contribution is 0.0762. The Hall–Kier alpha value is -1.55. The number of ether oxygens (including phenoxy) is 1. The summed E-state index contributed by atoms with van der Waals surface area (Å²) in [5, 5.41) is 3.36. The Labute approximate surface area is 120 Å². The van der Waals surface area contributed by atoms with E-state index in [1.165, 1.54) is 0 Å². The Morgan fingerprint density at radius 2 is 2.20 bits per heavy atom. The van der Waals surface area contributed by atoms with Crippen molar-refractivity contribution in [2.24, 2.45) is 5.92 Å². The molecule has 0 aliphatic carbocycles. The highest BCUT2D eigenvalue weighted by molar-refractivity contribution is 5.94. The van der Waals surface area contributed by atoms with Crippen LogP contribution >= 0.6 is 0 Å². The second-order valence-corrected chi connectivity index (χ2v) is 5.80. The van der Waals surface area contributed by atoms with Crippen molar-refractivity contribution in [1.82, 2.24) is 10.2 Å². The Bertz CT molecular complexity index is 495. The molecule has 1 aromatic carbocycles. The monoisotopic (exact) mass is 274 g/mol. The number of nitrogens with zero attached hydrogens (tertiary/aromatic N) is 1. The number of carbonyl (C=O) groups excluding carboxylic acids is 1. The van der Waals surface area contributed by atoms with Crippen molar-refractivity contribution in [2.75, 3.05) is 33.3 Å². The van der Waals surface area contributed by atoms with Gasteiger partial charge in [0.05, 0.1) is 6.61 Å². The minimum atomic E-state index is 0.123. The molecule has 4 nitrogen and oxygen atoms in total. The Morgan fingerprint density at radius 1 is 1.40 bits per heavy atom. The van der Waals surface area contributed by atoms with Gasteiger partial charge in [0.15, 0.2) is 0 Å². The Morgan fingerprint density at radius 3 is 3.00 bits per heavy atom. The molecule has 1 fully saturated rings. The standard InChI is InChI=1S/C16H22N2O2/c1-18(11-12-4-7-17-8-5-12)16(19)14-2-3-15-13(10-14)6-9-20-15/h2-3,10,12,17H,4-9,11H2,1H3. The number of benzene rings is 1. The van der Waals surface area contributed by atoms with E-state index in [0.29, 0.717) is 5.92 Å². The molecule has 0 bridgehead atoms. The maximum atomic E-state index is 12.5. The fourth-order valence-corrected chi connectivity index (χ4v) is 3.07. The van der Waals surface area contributed by atoms with Crippen LogP contribution in [0.3, 0.4) is 0 Å². The molecule has 1 saturated heterocycles. The summed E-state index contributed by atoms with van der Waals surface area (Å²) in [6.07, 6.45) is 3.24. The fourth-order valence-electron chi connectivity index (χ4n) is 3.07. The van der Waals surface area contributed by atoms with Gasteiger partial charge in [-0.3, -0.25) is 4.79 Å². The lowest BCUT2D eigenvalue weighted by Crippen LogP contribution is -2.37. The number of fused-ring (bicyclic) bond motifs is 1. The first kappa shape index (κ1) is 13.4. The summed E-state index contributed by atoms with van der Waals surface area (Å²) in [7, 11) is 1.91. The largest absolute Gasteiger partial charge is 0.493 e. The molecule has 2 heterocycles. The lowest BCUT2D eigenvalue weighted by Gasteiger charge is -2.27. The molecule has 108 valence electrons. The fraction of sp³-hybridized carbons (Fsp3) is 0.562. The topological polar surface area (TPSA) is 41.6 Å². The highest BCUT2D eigenvalue weighted by Crippen LogP contribution is 2.26. The highest BCUT2D eigenvalue weighted by atomic mass is 16.5. The van der Waals surface area contributed by atoms with Gasteiger partial charge in [0.1, 0.15) is 5.75 Å². The molecule has 0 aromatic heterocycles. The van der Waals surface area contributed by atoms with Crippen LogP contribution in [0, 0.1) is 5.92 Å². The SMILES string of the molecule is CN(CC1CCNCC1)C(=O)c1ccc2c(c1)CCO2. The van der Waals surface area contributed by atoms with Gasteiger partial charge in [0.25, 0.3) is 5.91 Å². The zero-order valence-corrected chi connectivity index (χ0v) is 12.0. The van der Waals surface area contributed by atoms with E-state index < -0.39 is 0 Å². The average molecular weight is 274 g/mol. The normalized spacial score (nSPS) is 18.4. The summed E-state index contributed by atoms with van der Waals surface area (Å²) in [4.78, 5) is 14.4. The van der Waals surface area contributed by atoms with E-state index in [-0.39, 0.29) is 5.91 Å². The van der Waals surface area contributed by atoms with Gasteiger partial charge in [-0.05, 0) is 55.6 Å². The summed E-state index contributed by atoms with van der Waals surface area (Å²) in [5.41, 5.74) is 1.94. The van der Waals surface area contributed by atoms with Gasteiger partial charge in [-0.25, -0.2) is 0 Å². The maximum Gasteiger partial charge on any atom is 0.253 e. The zero-order chi connectivity index (χ0) is 13.9. The second-order valence-electron chi connectivity index (χ2n) is 5.80. The number of hydrogen-bond acceptors (Lipinski definition) is 3. The summed E-state index contributed by atoms with van der Waals surface area (Å²) >= 11 is 0. The predicted octanol–water partition coefficient (Wildman–Crippen LogP) is 1.69. The van der Waals surface area contributed by atoms with Crippen molar-refractivity contribution in [3.8, 4) is 5.75 Å². The highest BCUT2D eigenvalue weighted by Gasteiger charge is 2.20. The number of carbonyl (C=O) groups is 1. The van der Waals surface area contributed by atoms with Crippen LogP contribution < -0.4 is 10.1 Å². The van der Waals surface area contributed by atoms with Crippen LogP contribution in [0.15, 0.2) is 18.2 Å². The number of rotatable bonds is 3. The van der Waals surface area contributed by atoms with Gasteiger partial charge < -0.3 is 15.0 Å². The van der Waals surface area contributed by atoms with E-state index in [2.05, 4.69) is 5.32 Å². The first-order valence-electron chi connectivity index (χ1n) is 7.46. The molecule has 1 aromatic rings. The summed E-state index contributed by atoms with van der Waals surface area (Å²) < 4.78 is 5.48. The van der Waals surface area contributed by atoms with Crippen molar-refractivity contribution in [1.29, 1.82) is 0 Å². The van der Waals surface area contributed by atoms with Crippen molar-refractivity contribution in [3.63, 3.8) is 0 Å². The number of amides is 1. The van der Waals surface area contributed by atoms with E-state index in [0.717, 1.165) is 62.4 Å². The van der Waals surface area contributed by atoms with Crippen LogP contribution in [0.1, 0.15) is 28.8 Å². The van der Waals surface area contributed by atoms with Crippen molar-refractivity contribution in [3.05, 3.63) is 29.3 Å². The van der Waals surface area contributed by atoms with Crippen LogP contribution in [0.25, 0.3) is 0 Å². The lowest BCUT2D eigenvalue weighted by atomic mass is 9.97. The third kappa shape index (κ3) is 2.80. The van der Waals surface area contributed by atoms with E-state index in [4.69, 9.17) is 4.74 Å². The van der Waals surface area contributed by atoms with E-state index in [1.807, 2.05) is 30.1 Å². The first-order chi connectivity index (χ1) is 9.74. The molecule has 0 spiro atoms. The van der Waals surface area contributed by atoms with Gasteiger partial charge >= 0.3 is 0 Å². The van der Waals surface area contributed by atoms with Crippen molar-refractivity contribution < 1.29 is 9.53 Å². The summed E-state index contributed by atoms with van der Waals surface area (Å²) in [6.45, 7) is 3.73. The smallest absolute Gasteiger partial charge is 0.253 e. The third-order valence-electron chi connectivity index (χ3n) is 4.27. The number of hydrogen-bond donors (Lipinski definition) is 1. The minimum absolute atomic E-state index is 0.123. The minimum Gasteiger partial charge on any atom is -0.493 e. The van der Waals surface area contributed by atoms with E-state index >= 15 is 0 Å². The van der Waals surface area contributed by atoms with Crippen LogP contribution in [0.2, 0.25) is 0 Å². The molecule has 4 heteroatoms. The molecular weight excluding hydrogens is 252 g/mol. The van der Waals surface area contributed by atoms with E-state index in [1.54, 1.807) is 0 Å². The van der Waals surface area contributed by atoms with Crippen molar-refractivity contribution >= 4 is 5.91 Å². The Balaban J connectivity index is 1.65. The summed E-state index contributed by atoms with van der Waals surface area (Å²) in [5.74, 6) is 1.68. The van der Waals surface area contributed by atoms with E-state index in [9.17, 15) is 4.79 Å². The molecule has 0 saturated carbocycles. The molecule has 2 aliphatic heterocycles. The van der Waals surface area contributed by atoms with Crippen LogP contribution in [-0.2, 0) is 6.42 Å². The Kier molecular flexibility index (Phi) is 3.92. The molecule has 20 heavy (non-hydrogen) atoms. The van der Waals surface area contributed by atoms with Crippen LogP contribution in [0.5, 0.6) is 5.75 Å². The molecule has 0 unspecified atom stereocenters. The molecule has 1 N–H and O–H groups in total. The maximum absolute atomic E-state index is 12.5. The van der Waals surface area contributed by atoms with Gasteiger partial charge in [-0.15, -0.1) is 0 Å². The molecule has 1 amide bonds. The predicted molar refractivity (Wildman–Crippen MR) is 78.2 cm³/mol. The van der Waals surface area contributed by atoms with Crippen LogP contribution in [0.4, 0.5) is 0 Å². The van der Waals surface area contributed by atoms with Crippen LogP contribution in [-0.4, -0.2) is 44.1 Å². The van der Waals surface area contributed by atoms with Crippen molar-refractivity contribution in [2.45, 2.75) is 19.3 Å². The summed E-state index contributed by atoms with van der Waals surface area (Å²) in [6, 6.07) is 5.79. The molecule has 2 aliphatic rings.